The molecule has 1 N–H and O–H groups in total. The van der Waals surface area contributed by atoms with Crippen LogP contribution in [0.1, 0.15) is 25.0 Å². The Hall–Kier alpha value is -1.53. The number of nitrogens with zero attached hydrogens (tertiary/aromatic N) is 1. The highest BCUT2D eigenvalue weighted by molar-refractivity contribution is 5.63. The van der Waals surface area contributed by atoms with E-state index < -0.39 is 0 Å². The molecule has 0 aromatic heterocycles. The summed E-state index contributed by atoms with van der Waals surface area (Å²) in [7, 11) is 1.67. The topological polar surface area (TPSA) is 45.0 Å². The van der Waals surface area contributed by atoms with Crippen LogP contribution < -0.4 is 5.32 Å². The highest BCUT2D eigenvalue weighted by Gasteiger charge is 2.19. The highest BCUT2D eigenvalue weighted by Crippen LogP contribution is 2.23. The Morgan fingerprint density at radius 1 is 1.44 bits per heavy atom. The molecule has 86 valence electrons. The Kier molecular flexibility index (Phi) is 3.92. The molecule has 0 radical (unpaired) electrons. The first kappa shape index (κ1) is 12.5. The van der Waals surface area contributed by atoms with E-state index in [2.05, 4.69) is 11.4 Å². The zero-order chi connectivity index (χ0) is 12.2. The maximum atomic E-state index is 9.05. The molecule has 16 heavy (non-hydrogen) atoms. The van der Waals surface area contributed by atoms with Crippen LogP contribution in [-0.4, -0.2) is 19.3 Å². The molecule has 0 bridgehead atoms. The van der Waals surface area contributed by atoms with Crippen molar-refractivity contribution in [3.63, 3.8) is 0 Å². The van der Waals surface area contributed by atoms with Crippen molar-refractivity contribution in [3.8, 4) is 6.07 Å². The van der Waals surface area contributed by atoms with Crippen LogP contribution >= 0.6 is 0 Å². The van der Waals surface area contributed by atoms with Crippen LogP contribution in [0.4, 0.5) is 5.69 Å². The van der Waals surface area contributed by atoms with E-state index in [0.29, 0.717) is 12.2 Å². The lowest BCUT2D eigenvalue weighted by Crippen LogP contribution is -2.36. The maximum absolute atomic E-state index is 9.05. The predicted molar refractivity (Wildman–Crippen MR) is 65.5 cm³/mol. The van der Waals surface area contributed by atoms with E-state index in [1.165, 1.54) is 0 Å². The number of para-hydroxylation sites is 1. The number of nitrogens with one attached hydrogen (secondary N) is 1. The lowest BCUT2D eigenvalue weighted by Gasteiger charge is -2.28. The quantitative estimate of drug-likeness (QED) is 0.845. The molecule has 0 spiro atoms. The number of aryl methyl sites for hydroxylation is 1. The van der Waals surface area contributed by atoms with Crippen LogP contribution in [0.2, 0.25) is 0 Å². The van der Waals surface area contributed by atoms with Gasteiger partial charge in [-0.15, -0.1) is 0 Å². The molecule has 3 nitrogen and oxygen atoms in total. The second kappa shape index (κ2) is 5.00. The second-order valence-corrected chi connectivity index (χ2v) is 4.55. The van der Waals surface area contributed by atoms with E-state index in [1.807, 2.05) is 39.0 Å². The minimum absolute atomic E-state index is 0.188. The van der Waals surface area contributed by atoms with Crippen molar-refractivity contribution in [2.45, 2.75) is 26.3 Å². The molecule has 0 fully saturated rings. The average molecular weight is 218 g/mol. The first-order valence-corrected chi connectivity index (χ1v) is 5.27. The van der Waals surface area contributed by atoms with Gasteiger partial charge in [0.05, 0.1) is 23.4 Å². The Morgan fingerprint density at radius 3 is 2.69 bits per heavy atom. The molecule has 0 aliphatic heterocycles. The molecule has 0 amide bonds. The Balaban J connectivity index is 3.01. The van der Waals surface area contributed by atoms with Gasteiger partial charge in [0.2, 0.25) is 0 Å². The minimum Gasteiger partial charge on any atom is -0.382 e. The van der Waals surface area contributed by atoms with E-state index in [4.69, 9.17) is 10.00 Å². The van der Waals surface area contributed by atoms with Crippen LogP contribution in [0, 0.1) is 18.3 Å². The lowest BCUT2D eigenvalue weighted by molar-refractivity contribution is 0.158. The molecular weight excluding hydrogens is 200 g/mol. The van der Waals surface area contributed by atoms with Crippen molar-refractivity contribution in [1.82, 2.24) is 0 Å². The molecule has 1 rings (SSSR count). The fraction of sp³-hybridized carbons (Fsp3) is 0.462. The van der Waals surface area contributed by atoms with Crippen LogP contribution in [0.3, 0.4) is 0 Å². The molecule has 1 aromatic rings. The fourth-order valence-electron chi connectivity index (χ4n) is 1.66. The van der Waals surface area contributed by atoms with E-state index in [0.717, 1.165) is 11.3 Å². The van der Waals surface area contributed by atoms with Gasteiger partial charge in [-0.3, -0.25) is 0 Å². The molecule has 0 saturated carbocycles. The molecule has 0 unspecified atom stereocenters. The number of rotatable bonds is 4. The van der Waals surface area contributed by atoms with Crippen LogP contribution in [-0.2, 0) is 4.74 Å². The third-order valence-electron chi connectivity index (χ3n) is 2.36. The number of nitriles is 1. The van der Waals surface area contributed by atoms with Crippen LogP contribution in [0.25, 0.3) is 0 Å². The summed E-state index contributed by atoms with van der Waals surface area (Å²) in [6, 6.07) is 7.90. The molecule has 0 atom stereocenters. The standard InChI is InChI=1S/C13H18N2O/c1-10-6-5-7-11(8-14)12(10)15-13(2,3)9-16-4/h5-7,15H,9H2,1-4H3. The van der Waals surface area contributed by atoms with Gasteiger partial charge in [-0.05, 0) is 32.4 Å². The predicted octanol–water partition coefficient (Wildman–Crippen LogP) is 2.70. The van der Waals surface area contributed by atoms with Gasteiger partial charge in [-0.2, -0.15) is 5.26 Å². The zero-order valence-corrected chi connectivity index (χ0v) is 10.3. The Labute approximate surface area is 97.0 Å². The number of methoxy groups -OCH3 is 1. The zero-order valence-electron chi connectivity index (χ0n) is 10.3. The van der Waals surface area contributed by atoms with Gasteiger partial charge in [0.15, 0.2) is 0 Å². The number of anilines is 1. The molecule has 0 aliphatic carbocycles. The summed E-state index contributed by atoms with van der Waals surface area (Å²) in [4.78, 5) is 0. The minimum atomic E-state index is -0.188. The summed E-state index contributed by atoms with van der Waals surface area (Å²) in [5.41, 5.74) is 2.45. The summed E-state index contributed by atoms with van der Waals surface area (Å²) in [6.45, 7) is 6.67. The number of ether oxygens (including phenoxy) is 1. The molecular formula is C13H18N2O. The van der Waals surface area contributed by atoms with Gasteiger partial charge in [-0.25, -0.2) is 0 Å². The second-order valence-electron chi connectivity index (χ2n) is 4.55. The van der Waals surface area contributed by atoms with Gasteiger partial charge in [0, 0.05) is 7.11 Å². The van der Waals surface area contributed by atoms with Crippen molar-refractivity contribution in [2.24, 2.45) is 0 Å². The van der Waals surface area contributed by atoms with Gasteiger partial charge in [0.1, 0.15) is 6.07 Å². The van der Waals surface area contributed by atoms with Crippen molar-refractivity contribution in [3.05, 3.63) is 29.3 Å². The molecule has 0 aliphatic rings. The van der Waals surface area contributed by atoms with Crippen molar-refractivity contribution in [1.29, 1.82) is 5.26 Å². The van der Waals surface area contributed by atoms with Crippen molar-refractivity contribution >= 4 is 5.69 Å². The summed E-state index contributed by atoms with van der Waals surface area (Å²) in [5.74, 6) is 0. The molecule has 3 heteroatoms. The highest BCUT2D eigenvalue weighted by atomic mass is 16.5. The smallest absolute Gasteiger partial charge is 0.101 e. The normalized spacial score (nSPS) is 10.9. The number of hydrogen-bond donors (Lipinski definition) is 1. The van der Waals surface area contributed by atoms with Gasteiger partial charge in [0.25, 0.3) is 0 Å². The fourth-order valence-corrected chi connectivity index (χ4v) is 1.66. The first-order chi connectivity index (χ1) is 7.50. The SMILES string of the molecule is COCC(C)(C)Nc1c(C)cccc1C#N. The van der Waals surface area contributed by atoms with E-state index in [1.54, 1.807) is 7.11 Å². The Bertz CT molecular complexity index is 405. The summed E-state index contributed by atoms with van der Waals surface area (Å²) >= 11 is 0. The van der Waals surface area contributed by atoms with Gasteiger partial charge >= 0.3 is 0 Å². The van der Waals surface area contributed by atoms with Gasteiger partial charge in [-0.1, -0.05) is 12.1 Å². The first-order valence-electron chi connectivity index (χ1n) is 5.27. The van der Waals surface area contributed by atoms with E-state index in [-0.39, 0.29) is 5.54 Å². The summed E-state index contributed by atoms with van der Waals surface area (Å²) in [6.07, 6.45) is 0. The summed E-state index contributed by atoms with van der Waals surface area (Å²) in [5, 5.41) is 12.4. The molecule has 0 saturated heterocycles. The third kappa shape index (κ3) is 2.98. The lowest BCUT2D eigenvalue weighted by atomic mass is 10.0. The van der Waals surface area contributed by atoms with Crippen molar-refractivity contribution < 1.29 is 4.74 Å². The maximum Gasteiger partial charge on any atom is 0.101 e. The van der Waals surface area contributed by atoms with Crippen LogP contribution in [0.15, 0.2) is 18.2 Å². The third-order valence-corrected chi connectivity index (χ3v) is 2.36. The van der Waals surface area contributed by atoms with Crippen LogP contribution in [0.5, 0.6) is 0 Å². The number of benzene rings is 1. The largest absolute Gasteiger partial charge is 0.382 e. The molecule has 1 aromatic carbocycles. The van der Waals surface area contributed by atoms with Gasteiger partial charge < -0.3 is 10.1 Å². The summed E-state index contributed by atoms with van der Waals surface area (Å²) < 4.78 is 5.15. The van der Waals surface area contributed by atoms with Crippen molar-refractivity contribution in [2.75, 3.05) is 19.0 Å². The average Bonchev–Trinajstić information content (AvgIpc) is 2.20. The van der Waals surface area contributed by atoms with E-state index in [9.17, 15) is 0 Å². The Morgan fingerprint density at radius 2 is 2.12 bits per heavy atom. The van der Waals surface area contributed by atoms with E-state index >= 15 is 0 Å². The molecule has 0 heterocycles. The number of hydrogen-bond acceptors (Lipinski definition) is 3. The monoisotopic (exact) mass is 218 g/mol.